The predicted octanol–water partition coefficient (Wildman–Crippen LogP) is 5.43. The van der Waals surface area contributed by atoms with Crippen molar-refractivity contribution in [2.45, 2.75) is 6.42 Å². The molecule has 1 aromatic carbocycles. The molecule has 1 amide bonds. The van der Waals surface area contributed by atoms with E-state index in [4.69, 9.17) is 0 Å². The van der Waals surface area contributed by atoms with Crippen molar-refractivity contribution in [1.82, 2.24) is 14.4 Å². The maximum absolute atomic E-state index is 12.4. The normalized spacial score (nSPS) is 11.1. The van der Waals surface area contributed by atoms with Crippen LogP contribution in [0.15, 0.2) is 64.9 Å². The number of carbonyl (C=O) groups is 1. The summed E-state index contributed by atoms with van der Waals surface area (Å²) in [5.74, 6) is -0.0710. The summed E-state index contributed by atoms with van der Waals surface area (Å²) in [6.07, 6.45) is 4.27. The maximum Gasteiger partial charge on any atom is 0.230 e. The Morgan fingerprint density at radius 2 is 1.93 bits per heavy atom. The molecule has 28 heavy (non-hydrogen) atoms. The molecule has 5 aromatic rings. The summed E-state index contributed by atoms with van der Waals surface area (Å²) < 4.78 is 2.01. The molecule has 0 unspecified atom stereocenters. The average molecular weight is 423 g/mol. The average Bonchev–Trinajstić information content (AvgIpc) is 3.46. The summed E-state index contributed by atoms with van der Waals surface area (Å²) in [4.78, 5) is 23.6. The number of nitrogens with one attached hydrogen (secondary N) is 1. The van der Waals surface area contributed by atoms with Gasteiger partial charge in [-0.3, -0.25) is 9.20 Å². The number of thiazole rings is 2. The summed E-state index contributed by atoms with van der Waals surface area (Å²) in [6, 6.07) is 11.8. The summed E-state index contributed by atoms with van der Waals surface area (Å²) in [7, 11) is 0. The van der Waals surface area contributed by atoms with Crippen LogP contribution >= 0.6 is 34.0 Å². The van der Waals surface area contributed by atoms with Gasteiger partial charge in [-0.15, -0.1) is 34.0 Å². The van der Waals surface area contributed by atoms with E-state index < -0.39 is 0 Å². The highest BCUT2D eigenvalue weighted by molar-refractivity contribution is 7.20. The molecule has 8 heteroatoms. The SMILES string of the molecule is O=C(Cc1csc(-c2cccs2)n1)Nc1ccc(-c2cn3ccsc3n2)cc1. The van der Waals surface area contributed by atoms with E-state index in [-0.39, 0.29) is 12.3 Å². The minimum absolute atomic E-state index is 0.0710. The van der Waals surface area contributed by atoms with Crippen molar-refractivity contribution >= 4 is 50.6 Å². The summed E-state index contributed by atoms with van der Waals surface area (Å²) in [6.45, 7) is 0. The first-order valence-electron chi connectivity index (χ1n) is 8.55. The van der Waals surface area contributed by atoms with Crippen LogP contribution in [-0.4, -0.2) is 20.3 Å². The summed E-state index contributed by atoms with van der Waals surface area (Å²) >= 11 is 4.83. The number of hydrogen-bond donors (Lipinski definition) is 1. The van der Waals surface area contributed by atoms with E-state index in [0.717, 1.165) is 37.5 Å². The molecule has 0 saturated heterocycles. The second-order valence-corrected chi connectivity index (χ2v) is 8.82. The predicted molar refractivity (Wildman–Crippen MR) is 116 cm³/mol. The first-order valence-corrected chi connectivity index (χ1v) is 11.2. The Bertz CT molecular complexity index is 1200. The molecule has 5 nitrogen and oxygen atoms in total. The molecule has 0 fully saturated rings. The van der Waals surface area contributed by atoms with Crippen molar-refractivity contribution < 1.29 is 4.79 Å². The van der Waals surface area contributed by atoms with Gasteiger partial charge in [0.25, 0.3) is 0 Å². The monoisotopic (exact) mass is 422 g/mol. The van der Waals surface area contributed by atoms with Crippen LogP contribution in [0.25, 0.3) is 26.1 Å². The Labute approximate surface area is 173 Å². The second kappa shape index (κ2) is 7.31. The molecule has 4 aromatic heterocycles. The number of imidazole rings is 1. The molecule has 5 rings (SSSR count). The summed E-state index contributed by atoms with van der Waals surface area (Å²) in [5, 5.41) is 9.88. The largest absolute Gasteiger partial charge is 0.326 e. The van der Waals surface area contributed by atoms with E-state index in [0.29, 0.717) is 0 Å². The van der Waals surface area contributed by atoms with Gasteiger partial charge in [0.2, 0.25) is 5.91 Å². The Balaban J connectivity index is 1.24. The van der Waals surface area contributed by atoms with Crippen molar-refractivity contribution in [3.05, 3.63) is 70.6 Å². The highest BCUT2D eigenvalue weighted by Gasteiger charge is 2.11. The van der Waals surface area contributed by atoms with Crippen LogP contribution in [0.4, 0.5) is 5.69 Å². The zero-order valence-corrected chi connectivity index (χ0v) is 17.0. The number of thiophene rings is 1. The molecule has 0 radical (unpaired) electrons. The van der Waals surface area contributed by atoms with Crippen LogP contribution in [0, 0.1) is 0 Å². The number of carbonyl (C=O) groups excluding carboxylic acids is 1. The molecular formula is C20H14N4OS3. The van der Waals surface area contributed by atoms with Gasteiger partial charge < -0.3 is 5.32 Å². The molecule has 0 saturated carbocycles. The fourth-order valence-corrected chi connectivity index (χ4v) is 5.20. The Morgan fingerprint density at radius 3 is 2.71 bits per heavy atom. The van der Waals surface area contributed by atoms with Gasteiger partial charge in [-0.1, -0.05) is 18.2 Å². The minimum Gasteiger partial charge on any atom is -0.326 e. The van der Waals surface area contributed by atoms with Crippen LogP contribution in [-0.2, 0) is 11.2 Å². The molecule has 1 N–H and O–H groups in total. The van der Waals surface area contributed by atoms with Crippen LogP contribution in [0.5, 0.6) is 0 Å². The number of benzene rings is 1. The minimum atomic E-state index is -0.0710. The van der Waals surface area contributed by atoms with Gasteiger partial charge in [-0.25, -0.2) is 9.97 Å². The molecule has 0 bridgehead atoms. The number of nitrogens with zero attached hydrogens (tertiary/aromatic N) is 3. The highest BCUT2D eigenvalue weighted by atomic mass is 32.1. The van der Waals surface area contributed by atoms with Crippen LogP contribution < -0.4 is 5.32 Å². The maximum atomic E-state index is 12.4. The first-order chi connectivity index (χ1) is 13.7. The zero-order chi connectivity index (χ0) is 18.9. The molecule has 0 atom stereocenters. The van der Waals surface area contributed by atoms with Crippen molar-refractivity contribution in [3.8, 4) is 21.1 Å². The van der Waals surface area contributed by atoms with E-state index in [1.807, 2.05) is 69.3 Å². The fourth-order valence-electron chi connectivity index (χ4n) is 2.86. The van der Waals surface area contributed by atoms with Crippen molar-refractivity contribution in [2.75, 3.05) is 5.32 Å². The van der Waals surface area contributed by atoms with Gasteiger partial charge in [0.15, 0.2) is 4.96 Å². The number of amides is 1. The van der Waals surface area contributed by atoms with Gasteiger partial charge >= 0.3 is 0 Å². The van der Waals surface area contributed by atoms with Gasteiger partial charge in [0.05, 0.1) is 22.7 Å². The van der Waals surface area contributed by atoms with Gasteiger partial charge in [-0.05, 0) is 23.6 Å². The van der Waals surface area contributed by atoms with E-state index in [9.17, 15) is 4.79 Å². The number of anilines is 1. The summed E-state index contributed by atoms with van der Waals surface area (Å²) in [5.41, 5.74) is 3.51. The smallest absolute Gasteiger partial charge is 0.230 e. The lowest BCUT2D eigenvalue weighted by Gasteiger charge is -2.05. The lowest BCUT2D eigenvalue weighted by atomic mass is 10.1. The zero-order valence-electron chi connectivity index (χ0n) is 14.5. The molecule has 0 spiro atoms. The Morgan fingerprint density at radius 1 is 1.04 bits per heavy atom. The Kier molecular flexibility index (Phi) is 4.52. The van der Waals surface area contributed by atoms with E-state index in [1.165, 1.54) is 0 Å². The second-order valence-electron chi connectivity index (χ2n) is 6.14. The molecule has 138 valence electrons. The van der Waals surface area contributed by atoms with E-state index in [1.54, 1.807) is 34.0 Å². The van der Waals surface area contributed by atoms with Crippen LogP contribution in [0.2, 0.25) is 0 Å². The van der Waals surface area contributed by atoms with Crippen molar-refractivity contribution in [3.63, 3.8) is 0 Å². The number of hydrogen-bond acceptors (Lipinski definition) is 6. The number of rotatable bonds is 5. The first kappa shape index (κ1) is 17.3. The van der Waals surface area contributed by atoms with Crippen LogP contribution in [0.3, 0.4) is 0 Å². The van der Waals surface area contributed by atoms with E-state index in [2.05, 4.69) is 15.3 Å². The van der Waals surface area contributed by atoms with Crippen molar-refractivity contribution in [1.29, 1.82) is 0 Å². The molecule has 0 aliphatic carbocycles. The van der Waals surface area contributed by atoms with E-state index >= 15 is 0 Å². The van der Waals surface area contributed by atoms with Crippen molar-refractivity contribution in [2.24, 2.45) is 0 Å². The number of aromatic nitrogens is 3. The third kappa shape index (κ3) is 3.49. The molecule has 0 aliphatic heterocycles. The molecule has 4 heterocycles. The lowest BCUT2D eigenvalue weighted by molar-refractivity contribution is -0.115. The Hall–Kier alpha value is -2.81. The number of fused-ring (bicyclic) bond motifs is 1. The third-order valence-electron chi connectivity index (χ3n) is 4.18. The standard InChI is InChI=1S/C20H14N4OS3/c25-18(10-15-12-28-19(22-15)17-2-1-8-26-17)21-14-5-3-13(4-6-14)16-11-24-7-9-27-20(24)23-16/h1-9,11-12H,10H2,(H,21,25). The fraction of sp³-hybridized carbons (Fsp3) is 0.0500. The van der Waals surface area contributed by atoms with Crippen LogP contribution in [0.1, 0.15) is 5.69 Å². The lowest BCUT2D eigenvalue weighted by Crippen LogP contribution is -2.14. The third-order valence-corrected chi connectivity index (χ3v) is 6.88. The molecular weight excluding hydrogens is 408 g/mol. The quantitative estimate of drug-likeness (QED) is 0.411. The topological polar surface area (TPSA) is 59.3 Å². The molecule has 0 aliphatic rings. The highest BCUT2D eigenvalue weighted by Crippen LogP contribution is 2.28. The van der Waals surface area contributed by atoms with Gasteiger partial charge in [0, 0.05) is 34.4 Å². The van der Waals surface area contributed by atoms with Gasteiger partial charge in [-0.2, -0.15) is 0 Å². The van der Waals surface area contributed by atoms with Gasteiger partial charge in [0.1, 0.15) is 5.01 Å².